The fraction of sp³-hybridized carbons (Fsp3) is 0.333. The Kier molecular flexibility index (Phi) is 5.53. The Bertz CT molecular complexity index is 1050. The van der Waals surface area contributed by atoms with E-state index < -0.39 is 5.91 Å². The number of aromatic nitrogens is 3. The second-order valence-corrected chi connectivity index (χ2v) is 7.03. The predicted octanol–water partition coefficient (Wildman–Crippen LogP) is 2.32. The van der Waals surface area contributed by atoms with Gasteiger partial charge in [-0.1, -0.05) is 23.4 Å². The third kappa shape index (κ3) is 4.27. The number of rotatable bonds is 6. The van der Waals surface area contributed by atoms with E-state index in [2.05, 4.69) is 15.5 Å². The molecule has 0 saturated carbocycles. The quantitative estimate of drug-likeness (QED) is 0.689. The lowest BCUT2D eigenvalue weighted by atomic mass is 10.1. The van der Waals surface area contributed by atoms with Crippen LogP contribution >= 0.6 is 0 Å². The number of carbonyl (C=O) groups excluding carboxylic acids is 1. The molecule has 8 heteroatoms. The van der Waals surface area contributed by atoms with Gasteiger partial charge in [0.1, 0.15) is 5.56 Å². The Labute approximate surface area is 167 Å². The summed E-state index contributed by atoms with van der Waals surface area (Å²) in [6.45, 7) is 2.97. The van der Waals surface area contributed by atoms with E-state index in [-0.39, 0.29) is 23.8 Å². The molecule has 0 aliphatic carbocycles. The fourth-order valence-corrected chi connectivity index (χ4v) is 3.36. The molecule has 0 radical (unpaired) electrons. The van der Waals surface area contributed by atoms with Gasteiger partial charge in [-0.3, -0.25) is 9.59 Å². The maximum absolute atomic E-state index is 12.8. The van der Waals surface area contributed by atoms with Gasteiger partial charge in [0.15, 0.2) is 5.82 Å². The largest absolute Gasteiger partial charge is 0.376 e. The lowest BCUT2D eigenvalue weighted by Gasteiger charge is -2.14. The Morgan fingerprint density at radius 3 is 2.86 bits per heavy atom. The van der Waals surface area contributed by atoms with Crippen molar-refractivity contribution in [3.63, 3.8) is 0 Å². The van der Waals surface area contributed by atoms with Gasteiger partial charge in [-0.25, -0.2) is 0 Å². The number of ether oxygens (including phenoxy) is 1. The minimum atomic E-state index is -0.458. The van der Waals surface area contributed by atoms with Gasteiger partial charge < -0.3 is 19.1 Å². The molecular formula is C21H22N4O4. The van der Waals surface area contributed by atoms with Gasteiger partial charge in [0.05, 0.1) is 19.2 Å². The number of hydrogen-bond acceptors (Lipinski definition) is 6. The van der Waals surface area contributed by atoms with Gasteiger partial charge >= 0.3 is 0 Å². The molecule has 0 bridgehead atoms. The number of nitrogens with one attached hydrogen (secondary N) is 1. The Morgan fingerprint density at radius 2 is 2.10 bits per heavy atom. The summed E-state index contributed by atoms with van der Waals surface area (Å²) < 4.78 is 12.4. The van der Waals surface area contributed by atoms with Crippen LogP contribution in [0.5, 0.6) is 0 Å². The summed E-state index contributed by atoms with van der Waals surface area (Å²) in [4.78, 5) is 29.8. The Morgan fingerprint density at radius 1 is 1.28 bits per heavy atom. The molecule has 29 heavy (non-hydrogen) atoms. The van der Waals surface area contributed by atoms with Crippen molar-refractivity contribution in [2.24, 2.45) is 0 Å². The molecule has 1 aromatic carbocycles. The zero-order valence-corrected chi connectivity index (χ0v) is 16.1. The van der Waals surface area contributed by atoms with Gasteiger partial charge in [0.25, 0.3) is 17.4 Å². The van der Waals surface area contributed by atoms with Crippen LogP contribution in [0.2, 0.25) is 0 Å². The van der Waals surface area contributed by atoms with Crippen molar-refractivity contribution >= 4 is 5.91 Å². The summed E-state index contributed by atoms with van der Waals surface area (Å²) >= 11 is 0. The SMILES string of the molecule is Cc1ccn(CC2CCCO2)c(=O)c1C(=O)NCc1noc(-c2ccccc2)n1. The zero-order chi connectivity index (χ0) is 20.2. The molecule has 8 nitrogen and oxygen atoms in total. The van der Waals surface area contributed by atoms with E-state index in [0.29, 0.717) is 30.4 Å². The summed E-state index contributed by atoms with van der Waals surface area (Å²) in [7, 11) is 0. The highest BCUT2D eigenvalue weighted by Gasteiger charge is 2.20. The molecule has 1 N–H and O–H groups in total. The summed E-state index contributed by atoms with van der Waals surface area (Å²) in [5.41, 5.74) is 1.22. The first kappa shape index (κ1) is 19.1. The topological polar surface area (TPSA) is 99.2 Å². The van der Waals surface area contributed by atoms with Crippen molar-refractivity contribution in [3.05, 3.63) is 69.9 Å². The predicted molar refractivity (Wildman–Crippen MR) is 105 cm³/mol. The number of aryl methyl sites for hydroxylation is 1. The lowest BCUT2D eigenvalue weighted by Crippen LogP contribution is -2.35. The van der Waals surface area contributed by atoms with Gasteiger partial charge in [0.2, 0.25) is 0 Å². The highest BCUT2D eigenvalue weighted by Crippen LogP contribution is 2.16. The molecule has 1 aliphatic heterocycles. The van der Waals surface area contributed by atoms with Crippen molar-refractivity contribution in [1.29, 1.82) is 0 Å². The molecule has 150 valence electrons. The standard InChI is InChI=1S/C21H22N4O4/c1-14-9-10-25(13-16-8-5-11-28-16)21(27)18(14)19(26)22-12-17-23-20(29-24-17)15-6-3-2-4-7-15/h2-4,6-7,9-10,16H,5,8,11-13H2,1H3,(H,22,26). The number of carbonyl (C=O) groups is 1. The lowest BCUT2D eigenvalue weighted by molar-refractivity contribution is 0.0927. The van der Waals surface area contributed by atoms with Gasteiger partial charge in [-0.2, -0.15) is 4.98 Å². The molecule has 3 aromatic rings. The van der Waals surface area contributed by atoms with Crippen LogP contribution in [0.3, 0.4) is 0 Å². The van der Waals surface area contributed by atoms with E-state index in [1.807, 2.05) is 30.3 Å². The minimum absolute atomic E-state index is 0.0158. The number of amides is 1. The highest BCUT2D eigenvalue weighted by atomic mass is 16.5. The van der Waals surface area contributed by atoms with E-state index in [4.69, 9.17) is 9.26 Å². The van der Waals surface area contributed by atoms with Gasteiger partial charge in [0, 0.05) is 18.4 Å². The van der Waals surface area contributed by atoms with E-state index in [1.165, 1.54) is 0 Å². The summed E-state index contributed by atoms with van der Waals surface area (Å²) in [6.07, 6.45) is 3.64. The summed E-state index contributed by atoms with van der Waals surface area (Å²) in [6, 6.07) is 11.1. The summed E-state index contributed by atoms with van der Waals surface area (Å²) in [5.74, 6) is 0.260. The monoisotopic (exact) mass is 394 g/mol. The highest BCUT2D eigenvalue weighted by molar-refractivity contribution is 5.95. The van der Waals surface area contributed by atoms with Crippen molar-refractivity contribution in [3.8, 4) is 11.5 Å². The average Bonchev–Trinajstić information content (AvgIpc) is 3.41. The van der Waals surface area contributed by atoms with E-state index in [1.54, 1.807) is 23.8 Å². The van der Waals surface area contributed by atoms with Crippen LogP contribution in [0.4, 0.5) is 0 Å². The molecule has 3 heterocycles. The molecule has 1 amide bonds. The molecule has 1 unspecified atom stereocenters. The average molecular weight is 394 g/mol. The van der Waals surface area contributed by atoms with Crippen LogP contribution in [0.15, 0.2) is 51.9 Å². The number of nitrogens with zero attached hydrogens (tertiary/aromatic N) is 3. The van der Waals surface area contributed by atoms with Crippen molar-refractivity contribution in [2.45, 2.75) is 39.0 Å². The molecule has 1 fully saturated rings. The van der Waals surface area contributed by atoms with Crippen LogP contribution in [0.25, 0.3) is 11.5 Å². The number of pyridine rings is 1. The number of hydrogen-bond donors (Lipinski definition) is 1. The normalized spacial score (nSPS) is 16.1. The second-order valence-electron chi connectivity index (χ2n) is 7.03. The van der Waals surface area contributed by atoms with Crippen LogP contribution in [0.1, 0.15) is 34.6 Å². The minimum Gasteiger partial charge on any atom is -0.376 e. The van der Waals surface area contributed by atoms with E-state index in [9.17, 15) is 9.59 Å². The molecule has 4 rings (SSSR count). The maximum atomic E-state index is 12.8. The Hall–Kier alpha value is -3.26. The van der Waals surface area contributed by atoms with Crippen molar-refractivity contribution < 1.29 is 14.1 Å². The van der Waals surface area contributed by atoms with Crippen molar-refractivity contribution in [2.75, 3.05) is 6.61 Å². The van der Waals surface area contributed by atoms with Crippen LogP contribution in [-0.4, -0.2) is 33.3 Å². The molecule has 1 atom stereocenters. The molecule has 1 aliphatic rings. The first-order valence-electron chi connectivity index (χ1n) is 9.59. The third-order valence-electron chi connectivity index (χ3n) is 4.92. The van der Waals surface area contributed by atoms with E-state index in [0.717, 1.165) is 18.4 Å². The molecule has 2 aromatic heterocycles. The summed E-state index contributed by atoms with van der Waals surface area (Å²) in [5, 5.41) is 6.60. The Balaban J connectivity index is 1.46. The third-order valence-corrected chi connectivity index (χ3v) is 4.92. The van der Waals surface area contributed by atoms with Crippen LogP contribution in [0, 0.1) is 6.92 Å². The fourth-order valence-electron chi connectivity index (χ4n) is 3.36. The van der Waals surface area contributed by atoms with Crippen molar-refractivity contribution in [1.82, 2.24) is 20.0 Å². The van der Waals surface area contributed by atoms with Gasteiger partial charge in [-0.05, 0) is 43.5 Å². The maximum Gasteiger partial charge on any atom is 0.263 e. The smallest absolute Gasteiger partial charge is 0.263 e. The number of benzene rings is 1. The second kappa shape index (κ2) is 8.40. The first-order chi connectivity index (χ1) is 14.1. The van der Waals surface area contributed by atoms with Crippen LogP contribution < -0.4 is 10.9 Å². The zero-order valence-electron chi connectivity index (χ0n) is 16.1. The van der Waals surface area contributed by atoms with Gasteiger partial charge in [-0.15, -0.1) is 0 Å². The molecule has 1 saturated heterocycles. The first-order valence-corrected chi connectivity index (χ1v) is 9.59. The molecule has 0 spiro atoms. The van der Waals surface area contributed by atoms with Crippen LogP contribution in [-0.2, 0) is 17.8 Å². The molecular weight excluding hydrogens is 372 g/mol. The van der Waals surface area contributed by atoms with E-state index >= 15 is 0 Å².